The van der Waals surface area contributed by atoms with Gasteiger partial charge in [-0.15, -0.1) is 0 Å². The third-order valence-electron chi connectivity index (χ3n) is 1.82. The van der Waals surface area contributed by atoms with Gasteiger partial charge in [0.15, 0.2) is 17.5 Å². The highest BCUT2D eigenvalue weighted by atomic mass is 19.1. The summed E-state index contributed by atoms with van der Waals surface area (Å²) in [7, 11) is 1.35. The van der Waals surface area contributed by atoms with Crippen molar-refractivity contribution >= 4 is 11.9 Å². The predicted molar refractivity (Wildman–Crippen MR) is 57.5 cm³/mol. The van der Waals surface area contributed by atoms with Gasteiger partial charge in [-0.3, -0.25) is 4.79 Å². The number of halogens is 1. The molecule has 0 atom stereocenters. The molecule has 0 aliphatic carbocycles. The van der Waals surface area contributed by atoms with Crippen molar-refractivity contribution in [3.05, 3.63) is 29.6 Å². The van der Waals surface area contributed by atoms with Gasteiger partial charge in [-0.1, -0.05) is 6.07 Å². The van der Waals surface area contributed by atoms with Gasteiger partial charge in [-0.2, -0.15) is 4.99 Å². The van der Waals surface area contributed by atoms with Crippen LogP contribution < -0.4 is 16.2 Å². The van der Waals surface area contributed by atoms with Gasteiger partial charge in [-0.05, 0) is 17.7 Å². The number of rotatable bonds is 3. The van der Waals surface area contributed by atoms with Gasteiger partial charge in [-0.25, -0.2) is 4.39 Å². The topological polar surface area (TPSA) is 90.7 Å². The normalized spacial score (nSPS) is 9.62. The Kier molecular flexibility index (Phi) is 3.82. The molecule has 0 aliphatic rings. The fourth-order valence-corrected chi connectivity index (χ4v) is 1.17. The summed E-state index contributed by atoms with van der Waals surface area (Å²) >= 11 is 0. The maximum Gasteiger partial charge on any atom is 0.253 e. The number of nitrogens with zero attached hydrogens (tertiary/aromatic N) is 1. The number of amides is 1. The van der Waals surface area contributed by atoms with E-state index in [1.165, 1.54) is 25.3 Å². The summed E-state index contributed by atoms with van der Waals surface area (Å²) in [6.07, 6.45) is -0.00542. The third kappa shape index (κ3) is 3.23. The number of hydrogen-bond donors (Lipinski definition) is 2. The van der Waals surface area contributed by atoms with Crippen LogP contribution in [0.4, 0.5) is 4.39 Å². The van der Waals surface area contributed by atoms with Gasteiger partial charge in [0.05, 0.1) is 13.5 Å². The van der Waals surface area contributed by atoms with Crippen LogP contribution in [0.1, 0.15) is 5.56 Å². The van der Waals surface area contributed by atoms with Crippen molar-refractivity contribution in [3.8, 4) is 5.75 Å². The fraction of sp³-hybridized carbons (Fsp3) is 0.200. The van der Waals surface area contributed by atoms with Crippen molar-refractivity contribution in [1.82, 2.24) is 0 Å². The minimum absolute atomic E-state index is 0.00542. The Bertz CT molecular complexity index is 428. The summed E-state index contributed by atoms with van der Waals surface area (Å²) < 4.78 is 17.8. The van der Waals surface area contributed by atoms with Gasteiger partial charge in [0, 0.05) is 0 Å². The third-order valence-corrected chi connectivity index (χ3v) is 1.82. The molecule has 1 aromatic carbocycles. The van der Waals surface area contributed by atoms with E-state index in [2.05, 4.69) is 4.99 Å². The molecule has 0 unspecified atom stereocenters. The molecule has 0 spiro atoms. The zero-order valence-electron chi connectivity index (χ0n) is 8.74. The molecule has 1 rings (SSSR count). The smallest absolute Gasteiger partial charge is 0.253 e. The molecule has 0 aliphatic heterocycles. The molecule has 0 heterocycles. The van der Waals surface area contributed by atoms with Crippen molar-refractivity contribution in [1.29, 1.82) is 0 Å². The number of aliphatic imine (C=N–C) groups is 1. The zero-order chi connectivity index (χ0) is 12.1. The summed E-state index contributed by atoms with van der Waals surface area (Å²) in [6.45, 7) is 0. The van der Waals surface area contributed by atoms with Crippen molar-refractivity contribution < 1.29 is 13.9 Å². The quantitative estimate of drug-likeness (QED) is 0.567. The molecule has 0 fully saturated rings. The number of benzene rings is 1. The molecule has 0 saturated heterocycles. The van der Waals surface area contributed by atoms with Crippen LogP contribution in [-0.2, 0) is 11.2 Å². The second-order valence-corrected chi connectivity index (χ2v) is 3.08. The van der Waals surface area contributed by atoms with Crippen LogP contribution >= 0.6 is 0 Å². The lowest BCUT2D eigenvalue weighted by Gasteiger charge is -2.03. The monoisotopic (exact) mass is 225 g/mol. The maximum absolute atomic E-state index is 13.0. The lowest BCUT2D eigenvalue weighted by molar-refractivity contribution is -0.117. The lowest BCUT2D eigenvalue weighted by Crippen LogP contribution is -2.24. The molecule has 0 bridgehead atoms. The van der Waals surface area contributed by atoms with Crippen molar-refractivity contribution in [2.24, 2.45) is 16.5 Å². The van der Waals surface area contributed by atoms with Crippen molar-refractivity contribution in [2.75, 3.05) is 7.11 Å². The molecule has 4 N–H and O–H groups in total. The second-order valence-electron chi connectivity index (χ2n) is 3.08. The summed E-state index contributed by atoms with van der Waals surface area (Å²) in [4.78, 5) is 14.6. The molecule has 0 radical (unpaired) electrons. The van der Waals surface area contributed by atoms with Gasteiger partial charge in [0.1, 0.15) is 0 Å². The van der Waals surface area contributed by atoms with E-state index >= 15 is 0 Å². The SMILES string of the molecule is COc1cc(CC(=O)N=C(N)N)ccc1F. The first-order valence-electron chi connectivity index (χ1n) is 4.48. The van der Waals surface area contributed by atoms with Crippen LogP contribution in [0.5, 0.6) is 5.75 Å². The summed E-state index contributed by atoms with van der Waals surface area (Å²) in [5.41, 5.74) is 10.7. The second kappa shape index (κ2) is 5.11. The van der Waals surface area contributed by atoms with E-state index in [0.717, 1.165) is 0 Å². The zero-order valence-corrected chi connectivity index (χ0v) is 8.74. The predicted octanol–water partition coefficient (Wildman–Crippen LogP) is 0.177. The molecule has 6 heteroatoms. The van der Waals surface area contributed by atoms with Gasteiger partial charge < -0.3 is 16.2 Å². The first-order valence-corrected chi connectivity index (χ1v) is 4.48. The van der Waals surface area contributed by atoms with Gasteiger partial charge in [0.25, 0.3) is 5.91 Å². The lowest BCUT2D eigenvalue weighted by atomic mass is 10.1. The number of carbonyl (C=O) groups excluding carboxylic acids is 1. The number of ether oxygens (including phenoxy) is 1. The average Bonchev–Trinajstić information content (AvgIpc) is 2.19. The highest BCUT2D eigenvalue weighted by Gasteiger charge is 2.07. The number of guanidine groups is 1. The highest BCUT2D eigenvalue weighted by Crippen LogP contribution is 2.18. The minimum Gasteiger partial charge on any atom is -0.494 e. The minimum atomic E-state index is -0.492. The molecule has 5 nitrogen and oxygen atoms in total. The van der Waals surface area contributed by atoms with Crippen molar-refractivity contribution in [2.45, 2.75) is 6.42 Å². The molecular formula is C10H12FN3O2. The molecular weight excluding hydrogens is 213 g/mol. The maximum atomic E-state index is 13.0. The van der Waals surface area contributed by atoms with E-state index in [0.29, 0.717) is 5.56 Å². The Labute approximate surface area is 91.9 Å². The van der Waals surface area contributed by atoms with E-state index in [4.69, 9.17) is 16.2 Å². The molecule has 1 aromatic rings. The largest absolute Gasteiger partial charge is 0.494 e. The van der Waals surface area contributed by atoms with Gasteiger partial charge >= 0.3 is 0 Å². The van der Waals surface area contributed by atoms with Crippen LogP contribution in [0, 0.1) is 5.82 Å². The Morgan fingerprint density at radius 1 is 1.50 bits per heavy atom. The Hall–Kier alpha value is -2.11. The fourth-order valence-electron chi connectivity index (χ4n) is 1.17. The van der Waals surface area contributed by atoms with E-state index in [-0.39, 0.29) is 18.1 Å². The summed E-state index contributed by atoms with van der Waals surface area (Å²) in [5.74, 6) is -1.19. The van der Waals surface area contributed by atoms with E-state index < -0.39 is 11.7 Å². The van der Waals surface area contributed by atoms with Crippen LogP contribution in [-0.4, -0.2) is 19.0 Å². The van der Waals surface area contributed by atoms with E-state index in [1.54, 1.807) is 0 Å². The van der Waals surface area contributed by atoms with Crippen LogP contribution in [0.15, 0.2) is 23.2 Å². The number of hydrogen-bond acceptors (Lipinski definition) is 2. The number of nitrogens with two attached hydrogens (primary N) is 2. The Balaban J connectivity index is 2.82. The number of carbonyl (C=O) groups is 1. The molecule has 1 amide bonds. The Morgan fingerprint density at radius 3 is 2.75 bits per heavy atom. The molecule has 16 heavy (non-hydrogen) atoms. The van der Waals surface area contributed by atoms with E-state index in [1.807, 2.05) is 0 Å². The summed E-state index contributed by atoms with van der Waals surface area (Å²) in [5, 5.41) is 0. The average molecular weight is 225 g/mol. The molecule has 0 saturated carbocycles. The summed E-state index contributed by atoms with van der Waals surface area (Å²) in [6, 6.07) is 4.12. The van der Waals surface area contributed by atoms with Crippen LogP contribution in [0.3, 0.4) is 0 Å². The highest BCUT2D eigenvalue weighted by molar-refractivity contribution is 5.92. The molecule has 86 valence electrons. The molecule has 0 aromatic heterocycles. The first-order chi connectivity index (χ1) is 7.52. The van der Waals surface area contributed by atoms with Crippen molar-refractivity contribution in [3.63, 3.8) is 0 Å². The first kappa shape index (κ1) is 12.0. The van der Waals surface area contributed by atoms with Crippen LogP contribution in [0.2, 0.25) is 0 Å². The standard InChI is InChI=1S/C10H12FN3O2/c1-16-8-4-6(2-3-7(8)11)5-9(15)14-10(12)13/h2-4H,5H2,1H3,(H4,12,13,14,15). The van der Waals surface area contributed by atoms with Gasteiger partial charge in [0.2, 0.25) is 0 Å². The van der Waals surface area contributed by atoms with Crippen LogP contribution in [0.25, 0.3) is 0 Å². The number of methoxy groups -OCH3 is 1. The van der Waals surface area contributed by atoms with E-state index in [9.17, 15) is 9.18 Å². The Morgan fingerprint density at radius 2 is 2.19 bits per heavy atom.